The highest BCUT2D eigenvalue weighted by atomic mass is 79.9. The normalized spacial score (nSPS) is 14.5. The second-order valence-corrected chi connectivity index (χ2v) is 7.27. The molecule has 4 rings (SSSR count). The van der Waals surface area contributed by atoms with Gasteiger partial charge < -0.3 is 0 Å². The second-order valence-electron chi connectivity index (χ2n) is 6.41. The molecule has 3 aromatic rings. The van der Waals surface area contributed by atoms with Gasteiger partial charge in [0.2, 0.25) is 0 Å². The fourth-order valence-electron chi connectivity index (χ4n) is 3.57. The number of benzene rings is 3. The van der Waals surface area contributed by atoms with E-state index in [2.05, 4.69) is 96.5 Å². The van der Waals surface area contributed by atoms with Crippen molar-refractivity contribution in [2.24, 2.45) is 0 Å². The predicted octanol–water partition coefficient (Wildman–Crippen LogP) is 6.42. The zero-order valence-electron chi connectivity index (χ0n) is 12.7. The topological polar surface area (TPSA) is 0 Å². The Bertz CT molecular complexity index is 875. The lowest BCUT2D eigenvalue weighted by Gasteiger charge is -2.22. The Morgan fingerprint density at radius 1 is 0.682 bits per heavy atom. The van der Waals surface area contributed by atoms with E-state index in [0.29, 0.717) is 0 Å². The van der Waals surface area contributed by atoms with Crippen LogP contribution in [0.3, 0.4) is 0 Å². The third kappa shape index (κ3) is 1.89. The lowest BCUT2D eigenvalue weighted by Crippen LogP contribution is -2.14. The first kappa shape index (κ1) is 13.8. The number of fused-ring (bicyclic) bond motifs is 3. The van der Waals surface area contributed by atoms with Crippen molar-refractivity contribution >= 4 is 15.9 Å². The zero-order valence-corrected chi connectivity index (χ0v) is 14.3. The summed E-state index contributed by atoms with van der Waals surface area (Å²) in [6.45, 7) is 4.64. The van der Waals surface area contributed by atoms with Gasteiger partial charge in [-0.15, -0.1) is 0 Å². The van der Waals surface area contributed by atoms with Crippen molar-refractivity contribution in [1.29, 1.82) is 0 Å². The molecule has 1 aliphatic rings. The summed E-state index contributed by atoms with van der Waals surface area (Å²) >= 11 is 3.67. The van der Waals surface area contributed by atoms with E-state index in [1.165, 1.54) is 33.4 Å². The molecule has 3 aromatic carbocycles. The Balaban J connectivity index is 1.95. The summed E-state index contributed by atoms with van der Waals surface area (Å²) in [5.41, 5.74) is 8.17. The van der Waals surface area contributed by atoms with Crippen LogP contribution in [0, 0.1) is 0 Å². The SMILES string of the molecule is CC1(C)c2ccccc2-c2ccc(-c3ccccc3Br)cc21. The first-order valence-electron chi connectivity index (χ1n) is 7.58. The standard InChI is InChI=1S/C21H17Br/c1-21(2)18-9-5-3-8-16(18)17-12-11-14(13-19(17)21)15-7-4-6-10-20(15)22/h3-13H,1-2H3. The zero-order chi connectivity index (χ0) is 15.3. The molecule has 0 fully saturated rings. The first-order chi connectivity index (χ1) is 10.6. The molecule has 0 aliphatic heterocycles. The summed E-state index contributed by atoms with van der Waals surface area (Å²) in [6, 6.07) is 24.0. The Hall–Kier alpha value is -1.86. The van der Waals surface area contributed by atoms with Crippen LogP contribution in [0.5, 0.6) is 0 Å². The highest BCUT2D eigenvalue weighted by Crippen LogP contribution is 2.49. The third-order valence-electron chi connectivity index (χ3n) is 4.77. The maximum atomic E-state index is 3.67. The highest BCUT2D eigenvalue weighted by Gasteiger charge is 2.35. The molecule has 0 saturated heterocycles. The van der Waals surface area contributed by atoms with E-state index in [9.17, 15) is 0 Å². The van der Waals surface area contributed by atoms with Crippen LogP contribution in [-0.2, 0) is 5.41 Å². The van der Waals surface area contributed by atoms with Gasteiger partial charge in [-0.2, -0.15) is 0 Å². The van der Waals surface area contributed by atoms with E-state index in [1.54, 1.807) is 0 Å². The van der Waals surface area contributed by atoms with Crippen molar-refractivity contribution in [1.82, 2.24) is 0 Å². The number of halogens is 1. The van der Waals surface area contributed by atoms with Crippen LogP contribution < -0.4 is 0 Å². The molecule has 0 heterocycles. The smallest absolute Gasteiger partial charge is 0.0253 e. The average Bonchev–Trinajstić information content (AvgIpc) is 2.76. The van der Waals surface area contributed by atoms with E-state index in [0.717, 1.165) is 4.47 Å². The molecule has 0 bridgehead atoms. The Morgan fingerprint density at radius 3 is 2.09 bits per heavy atom. The minimum absolute atomic E-state index is 0.0587. The van der Waals surface area contributed by atoms with Gasteiger partial charge in [-0.05, 0) is 45.5 Å². The molecule has 0 aromatic heterocycles. The minimum atomic E-state index is 0.0587. The van der Waals surface area contributed by atoms with Gasteiger partial charge in [-0.3, -0.25) is 0 Å². The van der Waals surface area contributed by atoms with Gasteiger partial charge in [0.05, 0.1) is 0 Å². The van der Waals surface area contributed by atoms with Crippen molar-refractivity contribution in [2.75, 3.05) is 0 Å². The molecule has 0 spiro atoms. The molecule has 0 N–H and O–H groups in total. The summed E-state index contributed by atoms with van der Waals surface area (Å²) in [7, 11) is 0. The average molecular weight is 349 g/mol. The number of hydrogen-bond acceptors (Lipinski definition) is 0. The molecule has 0 saturated carbocycles. The first-order valence-corrected chi connectivity index (χ1v) is 8.37. The molecular weight excluding hydrogens is 332 g/mol. The fourth-order valence-corrected chi connectivity index (χ4v) is 4.08. The molecule has 1 aliphatic carbocycles. The summed E-state index contributed by atoms with van der Waals surface area (Å²) in [5, 5.41) is 0. The van der Waals surface area contributed by atoms with Gasteiger partial charge in [0.1, 0.15) is 0 Å². The van der Waals surface area contributed by atoms with Crippen LogP contribution in [0.15, 0.2) is 71.2 Å². The molecule has 22 heavy (non-hydrogen) atoms. The summed E-state index contributed by atoms with van der Waals surface area (Å²) < 4.78 is 1.14. The van der Waals surface area contributed by atoms with Gasteiger partial charge in [0.15, 0.2) is 0 Å². The van der Waals surface area contributed by atoms with Crippen LogP contribution in [0.1, 0.15) is 25.0 Å². The van der Waals surface area contributed by atoms with Crippen molar-refractivity contribution in [2.45, 2.75) is 19.3 Å². The van der Waals surface area contributed by atoms with Gasteiger partial charge in [0, 0.05) is 9.89 Å². The summed E-state index contributed by atoms with van der Waals surface area (Å²) in [5.74, 6) is 0. The monoisotopic (exact) mass is 348 g/mol. The van der Waals surface area contributed by atoms with Crippen molar-refractivity contribution < 1.29 is 0 Å². The molecule has 108 valence electrons. The minimum Gasteiger partial charge on any atom is -0.0619 e. The summed E-state index contributed by atoms with van der Waals surface area (Å²) in [4.78, 5) is 0. The molecule has 0 amide bonds. The van der Waals surface area contributed by atoms with E-state index in [4.69, 9.17) is 0 Å². The van der Waals surface area contributed by atoms with Gasteiger partial charge >= 0.3 is 0 Å². The van der Waals surface area contributed by atoms with Crippen LogP contribution in [0.2, 0.25) is 0 Å². The lowest BCUT2D eigenvalue weighted by molar-refractivity contribution is 0.660. The third-order valence-corrected chi connectivity index (χ3v) is 5.46. The van der Waals surface area contributed by atoms with Crippen LogP contribution in [-0.4, -0.2) is 0 Å². The maximum absolute atomic E-state index is 3.67. The van der Waals surface area contributed by atoms with Crippen molar-refractivity contribution in [3.63, 3.8) is 0 Å². The molecule has 1 heteroatoms. The van der Waals surface area contributed by atoms with E-state index < -0.39 is 0 Å². The molecular formula is C21H17Br. The van der Waals surface area contributed by atoms with Crippen LogP contribution in [0.25, 0.3) is 22.3 Å². The van der Waals surface area contributed by atoms with Gasteiger partial charge in [-0.25, -0.2) is 0 Å². The van der Waals surface area contributed by atoms with Crippen LogP contribution >= 0.6 is 15.9 Å². The van der Waals surface area contributed by atoms with Crippen LogP contribution in [0.4, 0.5) is 0 Å². The molecule has 0 atom stereocenters. The van der Waals surface area contributed by atoms with Gasteiger partial charge in [0.25, 0.3) is 0 Å². The van der Waals surface area contributed by atoms with Crippen molar-refractivity contribution in [3.8, 4) is 22.3 Å². The fraction of sp³-hybridized carbons (Fsp3) is 0.143. The van der Waals surface area contributed by atoms with Gasteiger partial charge in [-0.1, -0.05) is 84.4 Å². The Morgan fingerprint density at radius 2 is 1.32 bits per heavy atom. The molecule has 0 nitrogen and oxygen atoms in total. The molecule has 0 unspecified atom stereocenters. The predicted molar refractivity (Wildman–Crippen MR) is 97.1 cm³/mol. The highest BCUT2D eigenvalue weighted by molar-refractivity contribution is 9.10. The molecule has 0 radical (unpaired) electrons. The Kier molecular flexibility index (Phi) is 3.02. The van der Waals surface area contributed by atoms with E-state index in [1.807, 2.05) is 0 Å². The van der Waals surface area contributed by atoms with E-state index in [-0.39, 0.29) is 5.41 Å². The number of rotatable bonds is 1. The lowest BCUT2D eigenvalue weighted by atomic mass is 9.81. The Labute approximate surface area is 140 Å². The second kappa shape index (κ2) is 4.82. The quantitative estimate of drug-likeness (QED) is 0.475. The van der Waals surface area contributed by atoms with Crippen molar-refractivity contribution in [3.05, 3.63) is 82.3 Å². The van der Waals surface area contributed by atoms with E-state index >= 15 is 0 Å². The summed E-state index contributed by atoms with van der Waals surface area (Å²) in [6.07, 6.45) is 0. The largest absolute Gasteiger partial charge is 0.0619 e. The maximum Gasteiger partial charge on any atom is 0.0253 e. The number of hydrogen-bond donors (Lipinski definition) is 0.